The van der Waals surface area contributed by atoms with Gasteiger partial charge in [-0.15, -0.1) is 12.6 Å². The number of hydrogen-bond acceptors (Lipinski definition) is 4. The Hall–Kier alpha value is -1.82. The van der Waals surface area contributed by atoms with Crippen LogP contribution in [-0.4, -0.2) is 35.7 Å². The average Bonchev–Trinajstić information content (AvgIpc) is 2.60. The SMILES string of the molecule is CN1C(=O)CC(NC(=O)Cc2ccc(S)cc2)C1=O. The number of likely N-dealkylation sites (tertiary alicyclic amines) is 1. The maximum Gasteiger partial charge on any atom is 0.252 e. The van der Waals surface area contributed by atoms with Crippen LogP contribution in [0.25, 0.3) is 0 Å². The zero-order valence-corrected chi connectivity index (χ0v) is 11.3. The average molecular weight is 278 g/mol. The zero-order valence-electron chi connectivity index (χ0n) is 10.4. The Balaban J connectivity index is 1.93. The van der Waals surface area contributed by atoms with Crippen LogP contribution in [0.15, 0.2) is 29.2 Å². The van der Waals surface area contributed by atoms with Crippen LogP contribution in [0.4, 0.5) is 0 Å². The summed E-state index contributed by atoms with van der Waals surface area (Å²) in [5.41, 5.74) is 0.834. The fourth-order valence-electron chi connectivity index (χ4n) is 1.91. The van der Waals surface area contributed by atoms with Crippen LogP contribution < -0.4 is 5.32 Å². The monoisotopic (exact) mass is 278 g/mol. The Bertz CT molecular complexity index is 527. The van der Waals surface area contributed by atoms with E-state index < -0.39 is 6.04 Å². The minimum atomic E-state index is -0.728. The first-order valence-electron chi connectivity index (χ1n) is 5.85. The van der Waals surface area contributed by atoms with E-state index in [1.54, 1.807) is 24.3 Å². The van der Waals surface area contributed by atoms with Gasteiger partial charge < -0.3 is 5.32 Å². The van der Waals surface area contributed by atoms with Gasteiger partial charge in [-0.1, -0.05) is 12.1 Å². The number of carbonyl (C=O) groups excluding carboxylic acids is 3. The molecule has 19 heavy (non-hydrogen) atoms. The van der Waals surface area contributed by atoms with Gasteiger partial charge in [-0.25, -0.2) is 0 Å². The second-order valence-corrected chi connectivity index (χ2v) is 4.97. The molecule has 1 N–H and O–H groups in total. The zero-order chi connectivity index (χ0) is 14.0. The van der Waals surface area contributed by atoms with Gasteiger partial charge in [-0.2, -0.15) is 0 Å². The molecular formula is C13H14N2O3S. The second kappa shape index (κ2) is 5.44. The van der Waals surface area contributed by atoms with Crippen molar-refractivity contribution in [3.05, 3.63) is 29.8 Å². The summed E-state index contributed by atoms with van der Waals surface area (Å²) >= 11 is 4.16. The van der Waals surface area contributed by atoms with Gasteiger partial charge in [-0.3, -0.25) is 19.3 Å². The van der Waals surface area contributed by atoms with Gasteiger partial charge in [0.25, 0.3) is 5.91 Å². The van der Waals surface area contributed by atoms with Gasteiger partial charge in [0.2, 0.25) is 11.8 Å². The van der Waals surface area contributed by atoms with E-state index in [9.17, 15) is 14.4 Å². The number of amides is 3. The quantitative estimate of drug-likeness (QED) is 0.621. The predicted molar refractivity (Wildman–Crippen MR) is 71.7 cm³/mol. The van der Waals surface area contributed by atoms with E-state index in [-0.39, 0.29) is 30.6 Å². The largest absolute Gasteiger partial charge is 0.343 e. The molecule has 6 heteroatoms. The Morgan fingerprint density at radius 3 is 2.53 bits per heavy atom. The van der Waals surface area contributed by atoms with Crippen molar-refractivity contribution in [2.45, 2.75) is 23.8 Å². The number of nitrogens with zero attached hydrogens (tertiary/aromatic N) is 1. The summed E-state index contributed by atoms with van der Waals surface area (Å²) in [6.45, 7) is 0. The van der Waals surface area contributed by atoms with Crippen molar-refractivity contribution < 1.29 is 14.4 Å². The minimum absolute atomic E-state index is 0.0383. The Kier molecular flexibility index (Phi) is 3.90. The number of thiol groups is 1. The fraction of sp³-hybridized carbons (Fsp3) is 0.308. The van der Waals surface area contributed by atoms with E-state index in [0.717, 1.165) is 15.4 Å². The van der Waals surface area contributed by atoms with Crippen molar-refractivity contribution in [3.63, 3.8) is 0 Å². The van der Waals surface area contributed by atoms with Gasteiger partial charge in [0, 0.05) is 11.9 Å². The molecule has 3 amide bonds. The Labute approximate surface area is 116 Å². The van der Waals surface area contributed by atoms with Crippen LogP contribution in [0.2, 0.25) is 0 Å². The van der Waals surface area contributed by atoms with E-state index in [0.29, 0.717) is 0 Å². The van der Waals surface area contributed by atoms with E-state index in [4.69, 9.17) is 0 Å². The first-order valence-corrected chi connectivity index (χ1v) is 6.30. The molecule has 1 aromatic carbocycles. The van der Waals surface area contributed by atoms with Gasteiger partial charge in [0.15, 0.2) is 0 Å². The molecule has 1 saturated heterocycles. The molecule has 1 aliphatic rings. The highest BCUT2D eigenvalue weighted by molar-refractivity contribution is 7.80. The summed E-state index contributed by atoms with van der Waals surface area (Å²) in [4.78, 5) is 36.6. The molecule has 100 valence electrons. The lowest BCUT2D eigenvalue weighted by molar-refractivity contribution is -0.138. The number of hydrogen-bond donors (Lipinski definition) is 2. The third kappa shape index (κ3) is 3.14. The van der Waals surface area contributed by atoms with Crippen molar-refractivity contribution in [1.82, 2.24) is 10.2 Å². The molecule has 0 saturated carbocycles. The number of rotatable bonds is 3. The summed E-state index contributed by atoms with van der Waals surface area (Å²) in [6, 6.07) is 6.47. The van der Waals surface area contributed by atoms with Gasteiger partial charge in [-0.05, 0) is 17.7 Å². The van der Waals surface area contributed by atoms with Gasteiger partial charge in [0.05, 0.1) is 12.8 Å². The van der Waals surface area contributed by atoms with Gasteiger partial charge in [0.1, 0.15) is 6.04 Å². The molecule has 1 aliphatic heterocycles. The lowest BCUT2D eigenvalue weighted by Gasteiger charge is -2.11. The molecule has 5 nitrogen and oxygen atoms in total. The molecule has 0 radical (unpaired) electrons. The molecule has 0 spiro atoms. The summed E-state index contributed by atoms with van der Waals surface area (Å²) in [6.07, 6.45) is 0.215. The third-order valence-electron chi connectivity index (χ3n) is 3.02. The minimum Gasteiger partial charge on any atom is -0.343 e. The number of benzene rings is 1. The van der Waals surface area contributed by atoms with E-state index in [1.165, 1.54) is 7.05 Å². The summed E-state index contributed by atoms with van der Waals surface area (Å²) < 4.78 is 0. The van der Waals surface area contributed by atoms with Crippen LogP contribution >= 0.6 is 12.6 Å². The fourth-order valence-corrected chi connectivity index (χ4v) is 2.06. The smallest absolute Gasteiger partial charge is 0.252 e. The van der Waals surface area contributed by atoms with Crippen molar-refractivity contribution >= 4 is 30.4 Å². The summed E-state index contributed by atoms with van der Waals surface area (Å²) in [5.74, 6) is -0.896. The van der Waals surface area contributed by atoms with E-state index in [1.807, 2.05) is 0 Å². The Morgan fingerprint density at radius 1 is 1.37 bits per heavy atom. The standard InChI is InChI=1S/C13H14N2O3S/c1-15-12(17)7-10(13(15)18)14-11(16)6-8-2-4-9(19)5-3-8/h2-5,10,19H,6-7H2,1H3,(H,14,16). The maximum absolute atomic E-state index is 11.8. The normalized spacial score (nSPS) is 18.8. The molecule has 2 rings (SSSR count). The van der Waals surface area contributed by atoms with Crippen molar-refractivity contribution in [2.24, 2.45) is 0 Å². The topological polar surface area (TPSA) is 66.5 Å². The van der Waals surface area contributed by atoms with Crippen LogP contribution in [0.1, 0.15) is 12.0 Å². The number of carbonyl (C=O) groups is 3. The van der Waals surface area contributed by atoms with Crippen LogP contribution in [0.5, 0.6) is 0 Å². The van der Waals surface area contributed by atoms with Crippen LogP contribution in [0, 0.1) is 0 Å². The molecule has 1 fully saturated rings. The van der Waals surface area contributed by atoms with Gasteiger partial charge >= 0.3 is 0 Å². The number of likely N-dealkylation sites (N-methyl/N-ethyl adjacent to an activating group) is 1. The molecule has 0 aromatic heterocycles. The molecule has 1 heterocycles. The summed E-state index contributed by atoms with van der Waals surface area (Å²) in [7, 11) is 1.42. The number of nitrogens with one attached hydrogen (secondary N) is 1. The second-order valence-electron chi connectivity index (χ2n) is 4.46. The van der Waals surface area contributed by atoms with E-state index in [2.05, 4.69) is 17.9 Å². The summed E-state index contributed by atoms with van der Waals surface area (Å²) in [5, 5.41) is 2.58. The van der Waals surface area contributed by atoms with Crippen molar-refractivity contribution in [1.29, 1.82) is 0 Å². The molecule has 1 atom stereocenters. The highest BCUT2D eigenvalue weighted by Gasteiger charge is 2.36. The number of imide groups is 1. The molecule has 1 unspecified atom stereocenters. The predicted octanol–water partition coefficient (Wildman–Crippen LogP) is 0.391. The molecular weight excluding hydrogens is 264 g/mol. The lowest BCUT2D eigenvalue weighted by atomic mass is 10.1. The van der Waals surface area contributed by atoms with Crippen molar-refractivity contribution in [3.8, 4) is 0 Å². The maximum atomic E-state index is 11.8. The lowest BCUT2D eigenvalue weighted by Crippen LogP contribution is -2.41. The first kappa shape index (κ1) is 13.6. The highest BCUT2D eigenvalue weighted by atomic mass is 32.1. The van der Waals surface area contributed by atoms with Crippen LogP contribution in [-0.2, 0) is 20.8 Å². The third-order valence-corrected chi connectivity index (χ3v) is 3.32. The highest BCUT2D eigenvalue weighted by Crippen LogP contribution is 2.12. The van der Waals surface area contributed by atoms with E-state index >= 15 is 0 Å². The van der Waals surface area contributed by atoms with Crippen LogP contribution in [0.3, 0.4) is 0 Å². The molecule has 1 aromatic rings. The Morgan fingerprint density at radius 2 is 2.00 bits per heavy atom. The molecule has 0 aliphatic carbocycles. The first-order chi connectivity index (χ1) is 8.97. The van der Waals surface area contributed by atoms with Crippen molar-refractivity contribution in [2.75, 3.05) is 7.05 Å². The molecule has 0 bridgehead atoms.